The van der Waals surface area contributed by atoms with Crippen LogP contribution in [0.4, 0.5) is 0 Å². The van der Waals surface area contributed by atoms with E-state index in [0.717, 1.165) is 5.56 Å². The van der Waals surface area contributed by atoms with Gasteiger partial charge in [-0.15, -0.1) is 0 Å². The Kier molecular flexibility index (Phi) is 8.81. The molecule has 1 unspecified atom stereocenters. The first-order valence-corrected chi connectivity index (χ1v) is 13.0. The monoisotopic (exact) mass is 551 g/mol. The summed E-state index contributed by atoms with van der Waals surface area (Å²) < 4.78 is 0. The molecule has 7 nitrogen and oxygen atoms in total. The lowest BCUT2D eigenvalue weighted by Crippen LogP contribution is -2.49. The summed E-state index contributed by atoms with van der Waals surface area (Å²) in [4.78, 5) is 54.7. The van der Waals surface area contributed by atoms with Crippen molar-refractivity contribution < 1.29 is 19.2 Å². The molecule has 0 saturated heterocycles. The highest BCUT2D eigenvalue weighted by Gasteiger charge is 2.35. The summed E-state index contributed by atoms with van der Waals surface area (Å²) >= 11 is 12.5. The molecule has 1 atom stereocenters. The molecular formula is C29H27Cl2N3O4. The van der Waals surface area contributed by atoms with Gasteiger partial charge in [0.05, 0.1) is 11.1 Å². The van der Waals surface area contributed by atoms with Gasteiger partial charge in [0, 0.05) is 43.0 Å². The van der Waals surface area contributed by atoms with Crippen LogP contribution in [0.1, 0.15) is 44.7 Å². The van der Waals surface area contributed by atoms with Crippen molar-refractivity contribution in [3.8, 4) is 0 Å². The topological polar surface area (TPSA) is 86.8 Å². The fourth-order valence-electron chi connectivity index (χ4n) is 4.53. The molecule has 1 heterocycles. The third-order valence-corrected chi connectivity index (χ3v) is 7.11. The summed E-state index contributed by atoms with van der Waals surface area (Å²) in [6.45, 7) is 0.184. The van der Waals surface area contributed by atoms with Gasteiger partial charge in [-0.3, -0.25) is 24.1 Å². The molecule has 3 aromatic rings. The number of nitrogens with zero attached hydrogens (tertiary/aromatic N) is 2. The van der Waals surface area contributed by atoms with Crippen molar-refractivity contribution in [1.82, 2.24) is 15.1 Å². The molecule has 0 saturated carbocycles. The van der Waals surface area contributed by atoms with Crippen molar-refractivity contribution in [2.45, 2.75) is 31.8 Å². The van der Waals surface area contributed by atoms with Gasteiger partial charge in [-0.05, 0) is 41.8 Å². The molecule has 4 rings (SSSR count). The van der Waals surface area contributed by atoms with Crippen LogP contribution in [0, 0.1) is 0 Å². The Bertz CT molecular complexity index is 1330. The van der Waals surface area contributed by atoms with E-state index >= 15 is 0 Å². The third kappa shape index (κ3) is 6.06. The van der Waals surface area contributed by atoms with E-state index in [2.05, 4.69) is 5.32 Å². The van der Waals surface area contributed by atoms with Crippen LogP contribution in [0.2, 0.25) is 10.0 Å². The van der Waals surface area contributed by atoms with E-state index in [0.29, 0.717) is 33.2 Å². The average molecular weight is 552 g/mol. The van der Waals surface area contributed by atoms with Crippen LogP contribution in [0.5, 0.6) is 0 Å². The maximum atomic E-state index is 13.6. The second-order valence-corrected chi connectivity index (χ2v) is 9.83. The van der Waals surface area contributed by atoms with Crippen LogP contribution in [0.25, 0.3) is 0 Å². The predicted molar refractivity (Wildman–Crippen MR) is 146 cm³/mol. The average Bonchev–Trinajstić information content (AvgIpc) is 3.16. The van der Waals surface area contributed by atoms with Gasteiger partial charge < -0.3 is 10.2 Å². The van der Waals surface area contributed by atoms with Crippen molar-refractivity contribution in [3.05, 3.63) is 105 Å². The molecule has 3 aromatic carbocycles. The van der Waals surface area contributed by atoms with Crippen LogP contribution in [0.3, 0.4) is 0 Å². The first-order chi connectivity index (χ1) is 18.3. The smallest absolute Gasteiger partial charge is 0.261 e. The van der Waals surface area contributed by atoms with E-state index in [1.54, 1.807) is 42.5 Å². The molecule has 0 fully saturated rings. The minimum atomic E-state index is -0.805. The van der Waals surface area contributed by atoms with E-state index in [9.17, 15) is 19.2 Å². The Labute approximate surface area is 231 Å². The normalized spacial score (nSPS) is 13.3. The number of carbonyl (C=O) groups excluding carboxylic acids is 4. The number of hydrogen-bond donors (Lipinski definition) is 1. The zero-order valence-corrected chi connectivity index (χ0v) is 22.3. The minimum Gasteiger partial charge on any atom is -0.357 e. The Morgan fingerprint density at radius 1 is 0.921 bits per heavy atom. The molecular weight excluding hydrogens is 525 g/mol. The Hall–Kier alpha value is -3.68. The van der Waals surface area contributed by atoms with E-state index in [1.807, 2.05) is 30.3 Å². The van der Waals surface area contributed by atoms with Gasteiger partial charge in [0.1, 0.15) is 6.04 Å². The summed E-state index contributed by atoms with van der Waals surface area (Å²) in [7, 11) is 1.53. The van der Waals surface area contributed by atoms with E-state index in [-0.39, 0.29) is 49.6 Å². The highest BCUT2D eigenvalue weighted by Crippen LogP contribution is 2.26. The number of rotatable bonds is 10. The molecule has 0 radical (unpaired) electrons. The number of likely N-dealkylation sites (N-methyl/N-ethyl adjacent to an activating group) is 1. The molecule has 4 amide bonds. The Morgan fingerprint density at radius 2 is 1.55 bits per heavy atom. The summed E-state index contributed by atoms with van der Waals surface area (Å²) in [5.41, 5.74) is 2.27. The maximum Gasteiger partial charge on any atom is 0.261 e. The van der Waals surface area contributed by atoms with Crippen LogP contribution in [-0.4, -0.2) is 53.1 Å². The summed E-state index contributed by atoms with van der Waals surface area (Å²) in [5, 5.41) is 3.52. The fraction of sp³-hybridized carbons (Fsp3) is 0.241. The second kappa shape index (κ2) is 12.2. The van der Waals surface area contributed by atoms with Crippen LogP contribution < -0.4 is 5.32 Å². The number of amides is 4. The summed E-state index contributed by atoms with van der Waals surface area (Å²) in [6, 6.07) is 20.3. The lowest BCUT2D eigenvalue weighted by atomic mass is 10.0. The van der Waals surface area contributed by atoms with Gasteiger partial charge in [0.15, 0.2) is 0 Å². The quantitative estimate of drug-likeness (QED) is 0.368. The van der Waals surface area contributed by atoms with E-state index in [4.69, 9.17) is 23.2 Å². The zero-order valence-electron chi connectivity index (χ0n) is 20.8. The molecule has 0 spiro atoms. The Balaban J connectivity index is 1.54. The predicted octanol–water partition coefficient (Wildman–Crippen LogP) is 4.76. The van der Waals surface area contributed by atoms with Gasteiger partial charge in [-0.2, -0.15) is 0 Å². The lowest BCUT2D eigenvalue weighted by Gasteiger charge is -2.31. The third-order valence-electron chi connectivity index (χ3n) is 6.52. The minimum absolute atomic E-state index is 0.0287. The van der Waals surface area contributed by atoms with Crippen LogP contribution >= 0.6 is 23.2 Å². The Morgan fingerprint density at radius 3 is 2.16 bits per heavy atom. The number of carbonyl (C=O) groups is 4. The fourth-order valence-corrected chi connectivity index (χ4v) is 5.00. The number of halogens is 2. The van der Waals surface area contributed by atoms with Gasteiger partial charge >= 0.3 is 0 Å². The largest absolute Gasteiger partial charge is 0.357 e. The summed E-state index contributed by atoms with van der Waals surface area (Å²) in [6.07, 6.45) is 0.581. The highest BCUT2D eigenvalue weighted by atomic mass is 35.5. The zero-order chi connectivity index (χ0) is 27.2. The molecule has 1 N–H and O–H groups in total. The number of hydrogen-bond acceptors (Lipinski definition) is 4. The first-order valence-electron chi connectivity index (χ1n) is 12.2. The van der Waals surface area contributed by atoms with Crippen molar-refractivity contribution in [1.29, 1.82) is 0 Å². The van der Waals surface area contributed by atoms with E-state index < -0.39 is 6.04 Å². The molecule has 0 aliphatic carbocycles. The number of fused-ring (bicyclic) bond motifs is 1. The molecule has 0 bridgehead atoms. The van der Waals surface area contributed by atoms with Gasteiger partial charge in [0.25, 0.3) is 11.8 Å². The van der Waals surface area contributed by atoms with Crippen molar-refractivity contribution in [2.24, 2.45) is 0 Å². The number of benzene rings is 3. The number of nitrogens with one attached hydrogen (secondary N) is 1. The van der Waals surface area contributed by atoms with Crippen molar-refractivity contribution in [2.75, 3.05) is 13.6 Å². The molecule has 196 valence electrons. The molecule has 9 heteroatoms. The number of imide groups is 1. The van der Waals surface area contributed by atoms with Crippen molar-refractivity contribution >= 4 is 46.8 Å². The standard InChI is InChI=1S/C29H27Cl2N3O4/c1-32-27(36)25(16-19-8-3-2-4-9-19)34(18-20-13-14-21(30)17-24(20)31)26(35)12-7-15-33-28(37)22-10-5-6-11-23(22)29(33)38/h2-6,8-11,13-14,17,25H,7,12,15-16,18H2,1H3,(H,32,36). The van der Waals surface area contributed by atoms with Crippen molar-refractivity contribution in [3.63, 3.8) is 0 Å². The van der Waals surface area contributed by atoms with Crippen LogP contribution in [0.15, 0.2) is 72.8 Å². The van der Waals surface area contributed by atoms with Gasteiger partial charge in [0.2, 0.25) is 11.8 Å². The maximum absolute atomic E-state index is 13.6. The lowest BCUT2D eigenvalue weighted by molar-refractivity contribution is -0.141. The second-order valence-electron chi connectivity index (χ2n) is 8.99. The molecule has 1 aliphatic rings. The van der Waals surface area contributed by atoms with Gasteiger partial charge in [-0.25, -0.2) is 0 Å². The van der Waals surface area contributed by atoms with E-state index in [1.165, 1.54) is 16.8 Å². The SMILES string of the molecule is CNC(=O)C(Cc1ccccc1)N(Cc1ccc(Cl)cc1Cl)C(=O)CCCN1C(=O)c2ccccc2C1=O. The summed E-state index contributed by atoms with van der Waals surface area (Å²) in [5.74, 6) is -1.34. The van der Waals surface area contributed by atoms with Crippen LogP contribution in [-0.2, 0) is 22.6 Å². The molecule has 38 heavy (non-hydrogen) atoms. The molecule has 0 aromatic heterocycles. The first kappa shape index (κ1) is 27.4. The van der Waals surface area contributed by atoms with Gasteiger partial charge in [-0.1, -0.05) is 71.7 Å². The molecule has 1 aliphatic heterocycles. The highest BCUT2D eigenvalue weighted by molar-refractivity contribution is 6.35.